The van der Waals surface area contributed by atoms with Gasteiger partial charge in [-0.05, 0) is 18.6 Å². The topological polar surface area (TPSA) is 43.1 Å². The van der Waals surface area contributed by atoms with Crippen molar-refractivity contribution in [1.82, 2.24) is 0 Å². The van der Waals surface area contributed by atoms with Crippen molar-refractivity contribution in [3.8, 4) is 0 Å². The number of nitrogens with zero attached hydrogens (tertiary/aromatic N) is 1. The largest absolute Gasteiger partial charge is 0.259 e. The molecule has 3 nitrogen and oxygen atoms in total. The number of hydrogen-bond acceptors (Lipinski definition) is 3. The van der Waals surface area contributed by atoms with Crippen LogP contribution in [0.15, 0.2) is 17.8 Å². The maximum absolute atomic E-state index is 10.3. The summed E-state index contributed by atoms with van der Waals surface area (Å²) >= 11 is 1.60. The van der Waals surface area contributed by atoms with Gasteiger partial charge >= 0.3 is 0 Å². The molecule has 0 amide bonds. The van der Waals surface area contributed by atoms with E-state index in [1.807, 2.05) is 12.1 Å². The summed E-state index contributed by atoms with van der Waals surface area (Å²) < 4.78 is 0. The van der Waals surface area contributed by atoms with Crippen molar-refractivity contribution < 1.29 is 4.92 Å². The highest BCUT2D eigenvalue weighted by molar-refractivity contribution is 7.12. The summed E-state index contributed by atoms with van der Waals surface area (Å²) in [6.07, 6.45) is 2.58. The van der Waals surface area contributed by atoms with Crippen LogP contribution in [0, 0.1) is 10.1 Å². The Morgan fingerprint density at radius 1 is 1.69 bits per heavy atom. The number of hydrogen-bond donors (Lipinski definition) is 0. The maximum atomic E-state index is 10.3. The van der Waals surface area contributed by atoms with Crippen molar-refractivity contribution in [3.63, 3.8) is 0 Å². The van der Waals surface area contributed by atoms with E-state index in [4.69, 9.17) is 0 Å². The fourth-order valence-corrected chi connectivity index (χ4v) is 1.87. The molecule has 0 aliphatic heterocycles. The van der Waals surface area contributed by atoms with Crippen molar-refractivity contribution in [2.24, 2.45) is 0 Å². The fraction of sp³-hybridized carbons (Fsp3) is 0.333. The zero-order valence-corrected chi connectivity index (χ0v) is 8.43. The second-order valence-corrected chi connectivity index (χ2v) is 3.90. The first kappa shape index (κ1) is 9.92. The second kappa shape index (κ2) is 4.18. The van der Waals surface area contributed by atoms with Crippen LogP contribution in [-0.2, 0) is 6.42 Å². The highest BCUT2D eigenvalue weighted by Crippen LogP contribution is 2.19. The Hall–Kier alpha value is -1.16. The first-order chi connectivity index (χ1) is 6.13. The van der Waals surface area contributed by atoms with E-state index in [0.29, 0.717) is 0 Å². The van der Waals surface area contributed by atoms with Gasteiger partial charge in [-0.15, -0.1) is 11.3 Å². The smallest absolute Gasteiger partial charge is 0.244 e. The van der Waals surface area contributed by atoms with E-state index in [9.17, 15) is 10.1 Å². The average Bonchev–Trinajstić information content (AvgIpc) is 2.52. The van der Waals surface area contributed by atoms with Crippen LogP contribution in [0.3, 0.4) is 0 Å². The van der Waals surface area contributed by atoms with Gasteiger partial charge in [-0.1, -0.05) is 6.92 Å². The molecular weight excluding hydrogens is 186 g/mol. The summed E-state index contributed by atoms with van der Waals surface area (Å²) in [6.45, 7) is 3.57. The Kier molecular flexibility index (Phi) is 3.19. The van der Waals surface area contributed by atoms with E-state index in [1.54, 1.807) is 17.4 Å². The molecule has 0 aliphatic carbocycles. The number of rotatable bonds is 3. The van der Waals surface area contributed by atoms with Crippen LogP contribution < -0.4 is 0 Å². The molecule has 1 aromatic rings. The molecule has 0 atom stereocenters. The molecule has 1 rings (SSSR count). The van der Waals surface area contributed by atoms with Crippen molar-refractivity contribution in [2.75, 3.05) is 0 Å². The minimum Gasteiger partial charge on any atom is -0.259 e. The molecule has 0 fully saturated rings. The van der Waals surface area contributed by atoms with Gasteiger partial charge in [0.2, 0.25) is 5.70 Å². The predicted molar refractivity (Wildman–Crippen MR) is 54.3 cm³/mol. The lowest BCUT2D eigenvalue weighted by atomic mass is 10.3. The summed E-state index contributed by atoms with van der Waals surface area (Å²) in [5, 5.41) is 10.3. The van der Waals surface area contributed by atoms with Crippen LogP contribution in [0.5, 0.6) is 0 Å². The number of allylic oxidation sites excluding steroid dienone is 1. The van der Waals surface area contributed by atoms with Crippen molar-refractivity contribution >= 4 is 17.4 Å². The Labute approximate surface area is 80.9 Å². The fourth-order valence-electron chi connectivity index (χ4n) is 0.921. The third-order valence-electron chi connectivity index (χ3n) is 1.67. The zero-order valence-electron chi connectivity index (χ0n) is 7.61. The monoisotopic (exact) mass is 197 g/mol. The molecule has 0 unspecified atom stereocenters. The van der Waals surface area contributed by atoms with Gasteiger partial charge in [0.05, 0.1) is 4.92 Å². The first-order valence-corrected chi connectivity index (χ1v) is 4.86. The molecule has 0 saturated carbocycles. The third-order valence-corrected chi connectivity index (χ3v) is 2.85. The van der Waals surface area contributed by atoms with Crippen LogP contribution >= 0.6 is 11.3 Å². The van der Waals surface area contributed by atoms with Crippen LogP contribution in [0.1, 0.15) is 23.6 Å². The quantitative estimate of drug-likeness (QED) is 0.552. The minimum absolute atomic E-state index is 0.185. The number of thiophene rings is 1. The molecule has 0 N–H and O–H groups in total. The Morgan fingerprint density at radius 3 is 2.85 bits per heavy atom. The molecule has 0 saturated heterocycles. The van der Waals surface area contributed by atoms with Gasteiger partial charge in [-0.25, -0.2) is 0 Å². The molecule has 70 valence electrons. The zero-order chi connectivity index (χ0) is 9.84. The molecule has 0 aromatic carbocycles. The van der Waals surface area contributed by atoms with Crippen LogP contribution in [-0.4, -0.2) is 4.92 Å². The first-order valence-electron chi connectivity index (χ1n) is 4.05. The Morgan fingerprint density at radius 2 is 2.38 bits per heavy atom. The standard InChI is InChI=1S/C9H11NO2S/c1-3-8-4-5-9(13-8)6-7(2)10(11)12/h4-6H,3H2,1-2H3/b7-6-. The summed E-state index contributed by atoms with van der Waals surface area (Å²) in [7, 11) is 0. The summed E-state index contributed by atoms with van der Waals surface area (Å²) in [6, 6.07) is 3.92. The average molecular weight is 197 g/mol. The molecule has 13 heavy (non-hydrogen) atoms. The lowest BCUT2D eigenvalue weighted by molar-refractivity contribution is -0.422. The molecule has 0 aliphatic rings. The summed E-state index contributed by atoms with van der Waals surface area (Å²) in [5.74, 6) is 0. The normalized spacial score (nSPS) is 11.7. The highest BCUT2D eigenvalue weighted by Gasteiger charge is 2.03. The van der Waals surface area contributed by atoms with Gasteiger partial charge in [0.25, 0.3) is 0 Å². The van der Waals surface area contributed by atoms with Crippen LogP contribution in [0.2, 0.25) is 0 Å². The van der Waals surface area contributed by atoms with Crippen molar-refractivity contribution in [2.45, 2.75) is 20.3 Å². The third kappa shape index (κ3) is 2.66. The molecule has 4 heteroatoms. The van der Waals surface area contributed by atoms with Crippen molar-refractivity contribution in [3.05, 3.63) is 37.7 Å². The van der Waals surface area contributed by atoms with Gasteiger partial charge in [0.15, 0.2) is 0 Å². The van der Waals surface area contributed by atoms with Crippen molar-refractivity contribution in [1.29, 1.82) is 0 Å². The summed E-state index contributed by atoms with van der Waals surface area (Å²) in [5.41, 5.74) is 0.185. The van der Waals surface area contributed by atoms with E-state index in [1.165, 1.54) is 11.8 Å². The highest BCUT2D eigenvalue weighted by atomic mass is 32.1. The SMILES string of the molecule is CCc1ccc(/C=C(/C)[N+](=O)[O-])s1. The molecule has 1 heterocycles. The van der Waals surface area contributed by atoms with Gasteiger partial charge in [-0.2, -0.15) is 0 Å². The van der Waals surface area contributed by atoms with E-state index >= 15 is 0 Å². The van der Waals surface area contributed by atoms with Gasteiger partial charge in [0, 0.05) is 22.8 Å². The maximum Gasteiger partial charge on any atom is 0.244 e. The van der Waals surface area contributed by atoms with Gasteiger partial charge in [0.1, 0.15) is 0 Å². The number of nitro groups is 1. The Bertz CT molecular complexity index is 341. The summed E-state index contributed by atoms with van der Waals surface area (Å²) in [4.78, 5) is 12.2. The predicted octanol–water partition coefficient (Wildman–Crippen LogP) is 2.95. The molecule has 0 radical (unpaired) electrons. The Balaban J connectivity index is 2.84. The van der Waals surface area contributed by atoms with E-state index in [-0.39, 0.29) is 10.6 Å². The molecule has 0 bridgehead atoms. The lowest BCUT2D eigenvalue weighted by Crippen LogP contribution is -1.91. The van der Waals surface area contributed by atoms with Gasteiger partial charge in [-0.3, -0.25) is 10.1 Å². The van der Waals surface area contributed by atoms with E-state index in [2.05, 4.69) is 6.92 Å². The minimum atomic E-state index is -0.370. The molecule has 0 spiro atoms. The molecule has 1 aromatic heterocycles. The van der Waals surface area contributed by atoms with Gasteiger partial charge < -0.3 is 0 Å². The van der Waals surface area contributed by atoms with Crippen LogP contribution in [0.25, 0.3) is 6.08 Å². The van der Waals surface area contributed by atoms with E-state index in [0.717, 1.165) is 11.3 Å². The van der Waals surface area contributed by atoms with E-state index < -0.39 is 0 Å². The van der Waals surface area contributed by atoms with Crippen LogP contribution in [0.4, 0.5) is 0 Å². The number of aryl methyl sites for hydroxylation is 1. The molecular formula is C9H11NO2S. The lowest BCUT2D eigenvalue weighted by Gasteiger charge is -1.87. The second-order valence-electron chi connectivity index (χ2n) is 2.70.